The minimum atomic E-state index is -4.35. The summed E-state index contributed by atoms with van der Waals surface area (Å²) in [7, 11) is 0. The van der Waals surface area contributed by atoms with Crippen LogP contribution in [0.3, 0.4) is 0 Å². The van der Waals surface area contributed by atoms with Gasteiger partial charge < -0.3 is 10.1 Å². The average molecular weight is 365 g/mol. The lowest BCUT2D eigenvalue weighted by Gasteiger charge is -2.10. The third-order valence-corrected chi connectivity index (χ3v) is 3.83. The minimum Gasteiger partial charge on any atom is -0.359 e. The molecule has 0 amide bonds. The highest BCUT2D eigenvalue weighted by Gasteiger charge is 2.32. The molecule has 26 heavy (non-hydrogen) atoms. The molecular weight excluding hydrogens is 343 g/mol. The second-order valence-corrected chi connectivity index (χ2v) is 6.06. The lowest BCUT2D eigenvalue weighted by Crippen LogP contribution is -2.08. The summed E-state index contributed by atoms with van der Waals surface area (Å²) in [5.74, 6) is 0.185. The molecule has 2 aromatic rings. The van der Waals surface area contributed by atoms with Crippen LogP contribution in [0, 0.1) is 0 Å². The fourth-order valence-corrected chi connectivity index (χ4v) is 2.52. The lowest BCUT2D eigenvalue weighted by atomic mass is 10.0. The van der Waals surface area contributed by atoms with E-state index in [1.807, 2.05) is 6.20 Å². The van der Waals surface area contributed by atoms with Crippen molar-refractivity contribution in [1.29, 1.82) is 0 Å². The van der Waals surface area contributed by atoms with Crippen LogP contribution in [0.1, 0.15) is 37.3 Å². The molecular formula is C19H22F3N3O. The Morgan fingerprint density at radius 3 is 2.77 bits per heavy atom. The Morgan fingerprint density at radius 1 is 1.27 bits per heavy atom. The Bertz CT molecular complexity index is 750. The fraction of sp³-hybridized carbons (Fsp3) is 0.368. The van der Waals surface area contributed by atoms with E-state index in [-0.39, 0.29) is 17.8 Å². The number of hydrogen-bond acceptors (Lipinski definition) is 3. The van der Waals surface area contributed by atoms with Crippen molar-refractivity contribution < 1.29 is 18.0 Å². The molecule has 0 atom stereocenters. The van der Waals surface area contributed by atoms with Gasteiger partial charge in [-0.15, -0.1) is 0 Å². The van der Waals surface area contributed by atoms with Crippen LogP contribution in [0.4, 0.5) is 18.9 Å². The molecule has 0 spiro atoms. The summed E-state index contributed by atoms with van der Waals surface area (Å²) in [6.45, 7) is 2.30. The summed E-state index contributed by atoms with van der Waals surface area (Å²) in [4.78, 5) is 10.9. The maximum absolute atomic E-state index is 12.9. The molecule has 140 valence electrons. The molecule has 0 saturated heterocycles. The largest absolute Gasteiger partial charge is 0.416 e. The highest BCUT2D eigenvalue weighted by atomic mass is 19.4. The van der Waals surface area contributed by atoms with E-state index in [9.17, 15) is 18.0 Å². The number of allylic oxidation sites excluding steroid dienone is 1. The fourth-order valence-electron chi connectivity index (χ4n) is 2.52. The van der Waals surface area contributed by atoms with Gasteiger partial charge in [-0.2, -0.15) is 18.3 Å². The molecule has 7 heteroatoms. The highest BCUT2D eigenvalue weighted by Crippen LogP contribution is 2.32. The summed E-state index contributed by atoms with van der Waals surface area (Å²) in [6, 6.07) is 5.56. The van der Waals surface area contributed by atoms with Crippen LogP contribution in [0.15, 0.2) is 48.9 Å². The molecule has 1 heterocycles. The smallest absolute Gasteiger partial charge is 0.359 e. The van der Waals surface area contributed by atoms with Crippen LogP contribution in [0.25, 0.3) is 0 Å². The molecule has 2 rings (SSSR count). The van der Waals surface area contributed by atoms with Crippen molar-refractivity contribution in [3.8, 4) is 0 Å². The predicted octanol–water partition coefficient (Wildman–Crippen LogP) is 4.83. The van der Waals surface area contributed by atoms with E-state index in [4.69, 9.17) is 0 Å². The molecule has 1 aromatic carbocycles. The normalized spacial score (nSPS) is 11.8. The first kappa shape index (κ1) is 19.8. The predicted molar refractivity (Wildman–Crippen MR) is 94.7 cm³/mol. The zero-order valence-corrected chi connectivity index (χ0v) is 14.6. The number of halogens is 3. The van der Waals surface area contributed by atoms with Crippen molar-refractivity contribution in [1.82, 2.24) is 9.78 Å². The third kappa shape index (κ3) is 6.38. The number of anilines is 1. The Morgan fingerprint density at radius 2 is 2.04 bits per heavy atom. The Kier molecular flexibility index (Phi) is 7.00. The van der Waals surface area contributed by atoms with Crippen molar-refractivity contribution in [3.05, 3.63) is 60.1 Å². The number of aryl methyl sites for hydroxylation is 1. The Hall–Kier alpha value is -2.57. The molecule has 0 fully saturated rings. The number of ketones is 1. The number of benzene rings is 1. The quantitative estimate of drug-likeness (QED) is 0.648. The summed E-state index contributed by atoms with van der Waals surface area (Å²) in [5.41, 5.74) is 0.388. The first-order valence-electron chi connectivity index (χ1n) is 8.45. The minimum absolute atomic E-state index is 0.182. The van der Waals surface area contributed by atoms with Gasteiger partial charge in [0.2, 0.25) is 0 Å². The lowest BCUT2D eigenvalue weighted by molar-refractivity contribution is -0.138. The van der Waals surface area contributed by atoms with Gasteiger partial charge in [-0.25, -0.2) is 0 Å². The highest BCUT2D eigenvalue weighted by molar-refractivity contribution is 5.75. The number of aromatic nitrogens is 2. The summed E-state index contributed by atoms with van der Waals surface area (Å²) in [5, 5.41) is 7.21. The summed E-state index contributed by atoms with van der Waals surface area (Å²) >= 11 is 0. The number of alkyl halides is 3. The first-order chi connectivity index (χ1) is 12.4. The van der Waals surface area contributed by atoms with Gasteiger partial charge in [-0.05, 0) is 44.0 Å². The molecule has 0 aliphatic rings. The monoisotopic (exact) mass is 365 g/mol. The molecule has 0 bridgehead atoms. The van der Waals surface area contributed by atoms with Gasteiger partial charge in [0.15, 0.2) is 0 Å². The van der Waals surface area contributed by atoms with E-state index in [1.54, 1.807) is 36.1 Å². The molecule has 4 nitrogen and oxygen atoms in total. The van der Waals surface area contributed by atoms with E-state index in [2.05, 4.69) is 10.4 Å². The number of nitrogens with one attached hydrogen (secondary N) is 1. The van der Waals surface area contributed by atoms with Gasteiger partial charge in [0.25, 0.3) is 0 Å². The van der Waals surface area contributed by atoms with Gasteiger partial charge >= 0.3 is 6.18 Å². The van der Waals surface area contributed by atoms with Crippen LogP contribution in [0.5, 0.6) is 0 Å². The van der Waals surface area contributed by atoms with Crippen molar-refractivity contribution in [3.63, 3.8) is 0 Å². The maximum Gasteiger partial charge on any atom is 0.416 e. The van der Waals surface area contributed by atoms with Crippen LogP contribution in [0.2, 0.25) is 0 Å². The number of carbonyl (C=O) groups is 1. The number of carbonyl (C=O) groups excluding carboxylic acids is 1. The number of Topliss-reactive ketones (excluding diaryl/α,β-unsaturated/α-hetero) is 1. The SMILES string of the molecule is CC(=O)CCCCn1cc(N/C=C/Cc2ccccc2C(F)(F)F)cn1. The third-order valence-electron chi connectivity index (χ3n) is 3.83. The van der Waals surface area contributed by atoms with Gasteiger partial charge in [0.05, 0.1) is 17.4 Å². The van der Waals surface area contributed by atoms with E-state index >= 15 is 0 Å². The second kappa shape index (κ2) is 9.22. The Balaban J connectivity index is 1.82. The first-order valence-corrected chi connectivity index (χ1v) is 8.45. The van der Waals surface area contributed by atoms with Gasteiger partial charge in [0.1, 0.15) is 5.78 Å². The van der Waals surface area contributed by atoms with Crippen LogP contribution < -0.4 is 5.32 Å². The zero-order valence-electron chi connectivity index (χ0n) is 14.6. The second-order valence-electron chi connectivity index (χ2n) is 6.06. The standard InChI is InChI=1S/C19H22F3N3O/c1-15(26)7-4-5-12-25-14-17(13-24-25)23-11-6-9-16-8-2-3-10-18(16)19(20,21)22/h2-3,6,8,10-11,13-14,23H,4-5,7,9,12H2,1H3/b11-6+. The van der Waals surface area contributed by atoms with Gasteiger partial charge in [0, 0.05) is 19.2 Å². The van der Waals surface area contributed by atoms with Crippen LogP contribution in [-0.2, 0) is 23.9 Å². The van der Waals surface area contributed by atoms with E-state index in [0.717, 1.165) is 31.1 Å². The van der Waals surface area contributed by atoms with E-state index < -0.39 is 11.7 Å². The molecule has 0 saturated carbocycles. The van der Waals surface area contributed by atoms with E-state index in [0.29, 0.717) is 6.42 Å². The van der Waals surface area contributed by atoms with Gasteiger partial charge in [-0.3, -0.25) is 4.68 Å². The number of hydrogen-bond donors (Lipinski definition) is 1. The summed E-state index contributed by atoms with van der Waals surface area (Å²) in [6.07, 6.45) is 4.85. The summed E-state index contributed by atoms with van der Waals surface area (Å²) < 4.78 is 40.6. The Labute approximate surface area is 150 Å². The molecule has 0 aliphatic heterocycles. The van der Waals surface area contributed by atoms with Crippen LogP contribution >= 0.6 is 0 Å². The number of rotatable bonds is 9. The molecule has 1 aromatic heterocycles. The topological polar surface area (TPSA) is 46.9 Å². The van der Waals surface area contributed by atoms with Crippen molar-refractivity contribution in [2.24, 2.45) is 0 Å². The van der Waals surface area contributed by atoms with Crippen LogP contribution in [-0.4, -0.2) is 15.6 Å². The van der Waals surface area contributed by atoms with Crippen molar-refractivity contribution >= 4 is 11.5 Å². The maximum atomic E-state index is 12.9. The van der Waals surface area contributed by atoms with Gasteiger partial charge in [-0.1, -0.05) is 24.3 Å². The molecule has 1 N–H and O–H groups in total. The zero-order chi connectivity index (χ0) is 19.0. The average Bonchev–Trinajstić information content (AvgIpc) is 3.03. The van der Waals surface area contributed by atoms with Crippen molar-refractivity contribution in [2.45, 2.75) is 45.3 Å². The molecule has 0 unspecified atom stereocenters. The van der Waals surface area contributed by atoms with E-state index in [1.165, 1.54) is 12.1 Å². The van der Waals surface area contributed by atoms with Crippen molar-refractivity contribution in [2.75, 3.05) is 5.32 Å². The molecule has 0 radical (unpaired) electrons. The number of unbranched alkanes of at least 4 members (excludes halogenated alkanes) is 1. The molecule has 0 aliphatic carbocycles. The number of nitrogens with zero attached hydrogens (tertiary/aromatic N) is 2.